The van der Waals surface area contributed by atoms with Crippen molar-refractivity contribution in [2.75, 3.05) is 13.7 Å². The van der Waals surface area contributed by atoms with Gasteiger partial charge in [0.1, 0.15) is 24.3 Å². The van der Waals surface area contributed by atoms with Crippen molar-refractivity contribution in [3.63, 3.8) is 0 Å². The molecule has 0 radical (unpaired) electrons. The Bertz CT molecular complexity index is 1140. The normalized spacial score (nSPS) is 10.4. The van der Waals surface area contributed by atoms with Crippen LogP contribution in [0.15, 0.2) is 72.8 Å². The molecule has 4 aromatic rings. The number of nitrogens with one attached hydrogen (secondary N) is 1. The first kappa shape index (κ1) is 21.4. The van der Waals surface area contributed by atoms with Crippen LogP contribution in [0.25, 0.3) is 21.5 Å². The van der Waals surface area contributed by atoms with Crippen LogP contribution in [-0.4, -0.2) is 25.2 Å². The summed E-state index contributed by atoms with van der Waals surface area (Å²) in [6, 6.07) is 22.2. The van der Waals surface area contributed by atoms with Crippen LogP contribution < -0.4 is 9.47 Å². The quantitative estimate of drug-likeness (QED) is 0.315. The van der Waals surface area contributed by atoms with E-state index in [1.165, 1.54) is 0 Å². The van der Waals surface area contributed by atoms with Crippen LogP contribution in [0.2, 0.25) is 0 Å². The molecule has 0 bridgehead atoms. The predicted octanol–water partition coefficient (Wildman–Crippen LogP) is 6.78. The molecule has 0 aliphatic heterocycles. The van der Waals surface area contributed by atoms with E-state index in [4.69, 9.17) is 15.9 Å². The van der Waals surface area contributed by atoms with Gasteiger partial charge in [0.2, 0.25) is 0 Å². The zero-order valence-corrected chi connectivity index (χ0v) is 17.9. The predicted molar refractivity (Wildman–Crippen MR) is 125 cm³/mol. The molecular formula is C24H26NO4P. The van der Waals surface area contributed by atoms with E-state index >= 15 is 0 Å². The number of rotatable bonds is 4. The minimum Gasteiger partial charge on any atom is -0.507 e. The Morgan fingerprint density at radius 3 is 1.70 bits per heavy atom. The van der Waals surface area contributed by atoms with Gasteiger partial charge in [0.05, 0.1) is 13.7 Å². The molecule has 3 N–H and O–H groups in total. The fraction of sp³-hybridized carbons (Fsp3) is 0.167. The van der Waals surface area contributed by atoms with Crippen LogP contribution in [0, 0.1) is 5.16 Å². The van der Waals surface area contributed by atoms with Crippen molar-refractivity contribution in [2.45, 2.75) is 13.3 Å². The number of ether oxygens (including phenoxy) is 2. The fourth-order valence-corrected chi connectivity index (χ4v) is 3.03. The second-order valence-corrected chi connectivity index (χ2v) is 6.31. The molecule has 0 aliphatic rings. The summed E-state index contributed by atoms with van der Waals surface area (Å²) in [5, 5.41) is 28.6. The molecule has 0 spiro atoms. The van der Waals surface area contributed by atoms with Crippen molar-refractivity contribution in [3.05, 3.63) is 72.8 Å². The Morgan fingerprint density at radius 2 is 1.23 bits per heavy atom. The summed E-state index contributed by atoms with van der Waals surface area (Å²) in [5.74, 6) is 2.21. The van der Waals surface area contributed by atoms with Crippen molar-refractivity contribution in [1.29, 1.82) is 6.44 Å². The maximum Gasteiger partial charge on any atom is 0.127 e. The Hall–Kier alpha value is -3.30. The van der Waals surface area contributed by atoms with E-state index in [0.717, 1.165) is 39.5 Å². The number of fused-ring (bicyclic) bond motifs is 2. The minimum atomic E-state index is -0.0833. The Labute approximate surface area is 179 Å². The molecule has 0 amide bonds. The minimum absolute atomic E-state index is 0.0833. The summed E-state index contributed by atoms with van der Waals surface area (Å²) >= 11 is 0. The van der Waals surface area contributed by atoms with Crippen LogP contribution in [0.1, 0.15) is 13.3 Å². The average Bonchev–Trinajstić information content (AvgIpc) is 2.80. The number of benzene rings is 4. The highest BCUT2D eigenvalue weighted by molar-refractivity contribution is 7.02. The van der Waals surface area contributed by atoms with Gasteiger partial charge in [-0.05, 0) is 39.7 Å². The lowest BCUT2D eigenvalue weighted by Gasteiger charge is -2.09. The first-order valence-corrected chi connectivity index (χ1v) is 9.91. The van der Waals surface area contributed by atoms with Gasteiger partial charge in [-0.3, -0.25) is 5.16 Å². The van der Waals surface area contributed by atoms with E-state index in [2.05, 4.69) is 6.92 Å². The third kappa shape index (κ3) is 5.40. The largest absolute Gasteiger partial charge is 0.507 e. The van der Waals surface area contributed by atoms with Gasteiger partial charge in [-0.15, -0.1) is 0 Å². The fourth-order valence-electron chi connectivity index (χ4n) is 3.03. The maximum absolute atomic E-state index is 9.67. The van der Waals surface area contributed by atoms with Gasteiger partial charge in [0.15, 0.2) is 0 Å². The Kier molecular flexibility index (Phi) is 8.31. The number of methoxy groups -OCH3 is 1. The SMILES string of the molecule is CCCOc1ccc(O)c2ccccc12.COc1ccc(O)c2ccccc12.[3H]P=N. The zero-order valence-electron chi connectivity index (χ0n) is 18.0. The molecule has 156 valence electrons. The van der Waals surface area contributed by atoms with E-state index in [1.54, 1.807) is 25.3 Å². The number of aromatic hydroxyl groups is 2. The Morgan fingerprint density at radius 1 is 0.800 bits per heavy atom. The molecule has 0 aromatic heterocycles. The van der Waals surface area contributed by atoms with E-state index in [1.807, 2.05) is 54.6 Å². The number of phenols is 2. The summed E-state index contributed by atoms with van der Waals surface area (Å²) in [4.78, 5) is 0. The highest BCUT2D eigenvalue weighted by atomic mass is 31.0. The molecule has 4 rings (SSSR count). The van der Waals surface area contributed by atoms with Gasteiger partial charge in [-0.25, -0.2) is 0 Å². The lowest BCUT2D eigenvalue weighted by Crippen LogP contribution is -1.95. The zero-order chi connectivity index (χ0) is 22.6. The molecule has 0 aliphatic carbocycles. The van der Waals surface area contributed by atoms with Crippen LogP contribution in [-0.2, 0) is 0 Å². The third-order valence-electron chi connectivity index (χ3n) is 4.40. The molecule has 4 aromatic carbocycles. The van der Waals surface area contributed by atoms with Crippen LogP contribution in [0.5, 0.6) is 23.0 Å². The molecule has 0 saturated heterocycles. The molecule has 0 heterocycles. The molecular weight excluding hydrogens is 397 g/mol. The van der Waals surface area contributed by atoms with Crippen molar-refractivity contribution >= 4 is 30.5 Å². The first-order valence-electron chi connectivity index (χ1n) is 9.91. The summed E-state index contributed by atoms with van der Waals surface area (Å²) < 4.78 is 16.6. The van der Waals surface area contributed by atoms with Gasteiger partial charge >= 0.3 is 0 Å². The van der Waals surface area contributed by atoms with Crippen LogP contribution >= 0.6 is 8.98 Å². The number of hydrogen-bond donors (Lipinski definition) is 3. The molecule has 0 atom stereocenters. The average molecular weight is 425 g/mol. The molecule has 6 heteroatoms. The smallest absolute Gasteiger partial charge is 0.127 e. The molecule has 5 nitrogen and oxygen atoms in total. The molecule has 30 heavy (non-hydrogen) atoms. The number of phenolic OH excluding ortho intramolecular Hbond substituents is 2. The monoisotopic (exact) mass is 425 g/mol. The molecule has 0 unspecified atom stereocenters. The summed E-state index contributed by atoms with van der Waals surface area (Å²) in [6.07, 6.45) is 0.981. The van der Waals surface area contributed by atoms with E-state index < -0.39 is 0 Å². The number of hydrogen-bond acceptors (Lipinski definition) is 5. The Balaban J connectivity index is 0.000000197. The highest BCUT2D eigenvalue weighted by Gasteiger charge is 2.05. The topological polar surface area (TPSA) is 82.8 Å². The van der Waals surface area contributed by atoms with Crippen molar-refractivity contribution < 1.29 is 19.7 Å². The summed E-state index contributed by atoms with van der Waals surface area (Å²) in [7, 11) is 1.54. The first-order chi connectivity index (χ1) is 15.1. The van der Waals surface area contributed by atoms with E-state index in [-0.39, 0.29) is 14.7 Å². The lowest BCUT2D eigenvalue weighted by atomic mass is 10.1. The van der Waals surface area contributed by atoms with E-state index in [9.17, 15) is 10.2 Å². The van der Waals surface area contributed by atoms with Gasteiger partial charge in [0, 0.05) is 21.5 Å². The highest BCUT2D eigenvalue weighted by Crippen LogP contribution is 2.32. The molecule has 0 saturated carbocycles. The standard InChI is InChI=1S/C13H14O2.C11H10O2.H2NP/c1-2-9-15-13-8-7-12(14)10-5-3-4-6-11(10)13;1-13-11-7-6-10(12)8-4-2-3-5-9(8)11;1-2/h3-8,14H,2,9H2,1H3;2-7,12H,1H3;1-2H/i;;2T. The van der Waals surface area contributed by atoms with Crippen molar-refractivity contribution in [1.82, 2.24) is 0 Å². The van der Waals surface area contributed by atoms with Gasteiger partial charge in [0.25, 0.3) is 0 Å². The van der Waals surface area contributed by atoms with Crippen LogP contribution in [0.3, 0.4) is 0 Å². The van der Waals surface area contributed by atoms with Crippen molar-refractivity contribution in [3.8, 4) is 23.0 Å². The molecule has 0 fully saturated rings. The lowest BCUT2D eigenvalue weighted by molar-refractivity contribution is 0.321. The van der Waals surface area contributed by atoms with Crippen molar-refractivity contribution in [2.24, 2.45) is 0 Å². The summed E-state index contributed by atoms with van der Waals surface area (Å²) in [6.45, 7) is 2.78. The second-order valence-electron chi connectivity index (χ2n) is 6.31. The van der Waals surface area contributed by atoms with Gasteiger partial charge in [-0.2, -0.15) is 0 Å². The third-order valence-corrected chi connectivity index (χ3v) is 4.40. The summed E-state index contributed by atoms with van der Waals surface area (Å²) in [5.41, 5.74) is 0. The van der Waals surface area contributed by atoms with Crippen LogP contribution in [0.4, 0.5) is 0 Å². The van der Waals surface area contributed by atoms with Gasteiger partial charge < -0.3 is 19.7 Å². The van der Waals surface area contributed by atoms with E-state index in [0.29, 0.717) is 12.4 Å². The van der Waals surface area contributed by atoms with Gasteiger partial charge in [-0.1, -0.05) is 55.5 Å². The second kappa shape index (κ2) is 11.6. The maximum atomic E-state index is 9.67.